The second kappa shape index (κ2) is 5.23. The lowest BCUT2D eigenvalue weighted by atomic mass is 10.2. The quantitative estimate of drug-likeness (QED) is 0.651. The topological polar surface area (TPSA) is 90.3 Å². The van der Waals surface area contributed by atoms with Crippen LogP contribution in [0.2, 0.25) is 0 Å². The highest BCUT2D eigenvalue weighted by molar-refractivity contribution is 5.75. The molecule has 1 aromatic carbocycles. The van der Waals surface area contributed by atoms with Gasteiger partial charge < -0.3 is 9.73 Å². The summed E-state index contributed by atoms with van der Waals surface area (Å²) >= 11 is 0. The van der Waals surface area contributed by atoms with E-state index in [0.29, 0.717) is 17.6 Å². The number of benzene rings is 1. The van der Waals surface area contributed by atoms with Gasteiger partial charge in [-0.3, -0.25) is 14.7 Å². The Kier molecular flexibility index (Phi) is 3.66. The molecule has 7 heteroatoms. The maximum absolute atomic E-state index is 11.8. The van der Waals surface area contributed by atoms with Crippen molar-refractivity contribution in [2.45, 2.75) is 13.5 Å². The van der Waals surface area contributed by atoms with Crippen LogP contribution in [0, 0.1) is 16.0 Å². The van der Waals surface area contributed by atoms with Crippen molar-refractivity contribution >= 4 is 16.8 Å². The third kappa shape index (κ3) is 2.65. The van der Waals surface area contributed by atoms with Crippen LogP contribution >= 0.6 is 0 Å². The summed E-state index contributed by atoms with van der Waals surface area (Å²) < 4.78 is 6.51. The van der Waals surface area contributed by atoms with Gasteiger partial charge in [-0.05, 0) is 25.6 Å². The Morgan fingerprint density at radius 3 is 2.89 bits per heavy atom. The molecular formula is C12H15N3O4. The molecule has 1 N–H and O–H groups in total. The highest BCUT2D eigenvalue weighted by atomic mass is 16.6. The number of aromatic nitrogens is 1. The van der Waals surface area contributed by atoms with Gasteiger partial charge in [-0.2, -0.15) is 0 Å². The van der Waals surface area contributed by atoms with E-state index in [2.05, 4.69) is 5.32 Å². The fourth-order valence-electron chi connectivity index (χ4n) is 2.06. The Balaban J connectivity index is 2.46. The van der Waals surface area contributed by atoms with E-state index in [9.17, 15) is 14.9 Å². The molecule has 2 rings (SSSR count). The number of hydrogen-bond acceptors (Lipinski definition) is 5. The zero-order valence-electron chi connectivity index (χ0n) is 10.8. The lowest BCUT2D eigenvalue weighted by Crippen LogP contribution is -2.25. The Morgan fingerprint density at radius 2 is 2.26 bits per heavy atom. The fraction of sp³-hybridized carbons (Fsp3) is 0.417. The van der Waals surface area contributed by atoms with Crippen LogP contribution in [0.4, 0.5) is 5.69 Å². The van der Waals surface area contributed by atoms with Gasteiger partial charge >= 0.3 is 5.76 Å². The lowest BCUT2D eigenvalue weighted by molar-refractivity contribution is -0.384. The van der Waals surface area contributed by atoms with Gasteiger partial charge in [0, 0.05) is 18.7 Å². The molecule has 0 fully saturated rings. The van der Waals surface area contributed by atoms with Gasteiger partial charge in [-0.1, -0.05) is 6.92 Å². The second-order valence-corrected chi connectivity index (χ2v) is 4.55. The lowest BCUT2D eigenvalue weighted by Gasteiger charge is -2.10. The smallest absolute Gasteiger partial charge is 0.408 e. The molecule has 1 heterocycles. The molecule has 1 atom stereocenters. The molecule has 102 valence electrons. The number of oxazole rings is 1. The van der Waals surface area contributed by atoms with Crippen LogP contribution in [0.15, 0.2) is 27.4 Å². The summed E-state index contributed by atoms with van der Waals surface area (Å²) in [4.78, 5) is 22.0. The first-order valence-electron chi connectivity index (χ1n) is 5.95. The van der Waals surface area contributed by atoms with Crippen LogP contribution in [0.5, 0.6) is 0 Å². The first-order chi connectivity index (χ1) is 9.02. The molecule has 0 radical (unpaired) electrons. The van der Waals surface area contributed by atoms with Gasteiger partial charge in [-0.15, -0.1) is 0 Å². The number of nitrogens with zero attached hydrogens (tertiary/aromatic N) is 2. The van der Waals surface area contributed by atoms with Gasteiger partial charge in [0.05, 0.1) is 10.4 Å². The van der Waals surface area contributed by atoms with Gasteiger partial charge in [0.15, 0.2) is 5.58 Å². The Labute approximate surface area is 109 Å². The number of nitro groups is 1. The molecule has 0 saturated carbocycles. The van der Waals surface area contributed by atoms with E-state index >= 15 is 0 Å². The van der Waals surface area contributed by atoms with E-state index in [4.69, 9.17) is 4.42 Å². The third-order valence-electron chi connectivity index (χ3n) is 2.91. The number of nitrogens with one attached hydrogen (secondary N) is 1. The third-order valence-corrected chi connectivity index (χ3v) is 2.91. The molecule has 2 aromatic rings. The number of fused-ring (bicyclic) bond motifs is 1. The molecule has 19 heavy (non-hydrogen) atoms. The largest absolute Gasteiger partial charge is 0.419 e. The van der Waals surface area contributed by atoms with E-state index in [1.54, 1.807) is 0 Å². The molecule has 1 aromatic heterocycles. The van der Waals surface area contributed by atoms with Crippen LogP contribution in [-0.2, 0) is 6.54 Å². The monoisotopic (exact) mass is 265 g/mol. The average molecular weight is 265 g/mol. The van der Waals surface area contributed by atoms with E-state index in [1.807, 2.05) is 14.0 Å². The Morgan fingerprint density at radius 1 is 1.53 bits per heavy atom. The summed E-state index contributed by atoms with van der Waals surface area (Å²) in [5.74, 6) is -0.277. The van der Waals surface area contributed by atoms with Crippen LogP contribution in [0.25, 0.3) is 11.1 Å². The zero-order chi connectivity index (χ0) is 14.0. The SMILES string of the molecule is CNCC(C)Cn1c(=O)oc2ccc([N+](=O)[O-])cc21. The normalized spacial score (nSPS) is 12.7. The van der Waals surface area contributed by atoms with Crippen LogP contribution < -0.4 is 11.1 Å². The summed E-state index contributed by atoms with van der Waals surface area (Å²) in [6.07, 6.45) is 0. The highest BCUT2D eigenvalue weighted by Crippen LogP contribution is 2.20. The molecule has 0 bridgehead atoms. The molecule has 0 aliphatic carbocycles. The molecule has 0 amide bonds. The summed E-state index contributed by atoms with van der Waals surface area (Å²) in [7, 11) is 1.83. The predicted molar refractivity (Wildman–Crippen MR) is 70.2 cm³/mol. The van der Waals surface area contributed by atoms with Crippen molar-refractivity contribution < 1.29 is 9.34 Å². The van der Waals surface area contributed by atoms with Crippen molar-refractivity contribution in [1.29, 1.82) is 0 Å². The first kappa shape index (κ1) is 13.3. The fourth-order valence-corrected chi connectivity index (χ4v) is 2.06. The van der Waals surface area contributed by atoms with E-state index in [1.165, 1.54) is 22.8 Å². The Bertz CT molecular complexity index is 659. The predicted octanol–water partition coefficient (Wildman–Crippen LogP) is 1.36. The maximum Gasteiger partial charge on any atom is 0.419 e. The zero-order valence-corrected chi connectivity index (χ0v) is 10.8. The van der Waals surface area contributed by atoms with Gasteiger partial charge in [0.2, 0.25) is 0 Å². The van der Waals surface area contributed by atoms with Crippen LogP contribution in [-0.4, -0.2) is 23.1 Å². The van der Waals surface area contributed by atoms with Crippen molar-refractivity contribution in [3.05, 3.63) is 38.9 Å². The number of hydrogen-bond donors (Lipinski definition) is 1. The second-order valence-electron chi connectivity index (χ2n) is 4.55. The molecule has 1 unspecified atom stereocenters. The van der Waals surface area contributed by atoms with Crippen LogP contribution in [0.3, 0.4) is 0 Å². The van der Waals surface area contributed by atoms with E-state index < -0.39 is 10.7 Å². The number of rotatable bonds is 5. The molecule has 0 aliphatic heterocycles. The van der Waals surface area contributed by atoms with Gasteiger partial charge in [0.25, 0.3) is 5.69 Å². The summed E-state index contributed by atoms with van der Waals surface area (Å²) in [6.45, 7) is 3.18. The standard InChI is InChI=1S/C12H15N3O4/c1-8(6-13-2)7-14-10-5-9(15(17)18)3-4-11(10)19-12(14)16/h3-5,8,13H,6-7H2,1-2H3. The summed E-state index contributed by atoms with van der Waals surface area (Å²) in [6, 6.07) is 4.15. The van der Waals surface area contributed by atoms with Crippen molar-refractivity contribution in [3.8, 4) is 0 Å². The van der Waals surface area contributed by atoms with Crippen molar-refractivity contribution in [2.24, 2.45) is 5.92 Å². The van der Waals surface area contributed by atoms with Crippen molar-refractivity contribution in [1.82, 2.24) is 9.88 Å². The maximum atomic E-state index is 11.8. The number of nitro benzene ring substituents is 1. The van der Waals surface area contributed by atoms with Crippen molar-refractivity contribution in [2.75, 3.05) is 13.6 Å². The highest BCUT2D eigenvalue weighted by Gasteiger charge is 2.15. The van der Waals surface area contributed by atoms with Gasteiger partial charge in [-0.25, -0.2) is 4.79 Å². The molecule has 0 spiro atoms. The minimum atomic E-state index is -0.488. The van der Waals surface area contributed by atoms with Crippen LogP contribution in [0.1, 0.15) is 6.92 Å². The Hall–Kier alpha value is -2.15. The minimum absolute atomic E-state index is 0.0525. The van der Waals surface area contributed by atoms with E-state index in [-0.39, 0.29) is 11.6 Å². The molecule has 0 saturated heterocycles. The van der Waals surface area contributed by atoms with Crippen molar-refractivity contribution in [3.63, 3.8) is 0 Å². The van der Waals surface area contributed by atoms with E-state index in [0.717, 1.165) is 6.54 Å². The first-order valence-corrected chi connectivity index (χ1v) is 5.95. The number of non-ortho nitro benzene ring substituents is 1. The molecule has 7 nitrogen and oxygen atoms in total. The molecule has 0 aliphatic rings. The minimum Gasteiger partial charge on any atom is -0.408 e. The molecular weight excluding hydrogens is 250 g/mol. The average Bonchev–Trinajstić information content (AvgIpc) is 2.65. The van der Waals surface area contributed by atoms with Gasteiger partial charge in [0.1, 0.15) is 0 Å². The summed E-state index contributed by atoms with van der Waals surface area (Å²) in [5, 5.41) is 13.8. The summed E-state index contributed by atoms with van der Waals surface area (Å²) in [5.41, 5.74) is 0.776.